The Labute approximate surface area is 98.6 Å². The largest absolute Gasteiger partial charge is 0.444 e. The molecule has 0 atom stereocenters. The molecule has 4 heteroatoms. The van der Waals surface area contributed by atoms with E-state index in [0.717, 1.165) is 19.3 Å². The van der Waals surface area contributed by atoms with Crippen molar-refractivity contribution in [3.8, 4) is 0 Å². The number of carbonyl (C=O) groups is 1. The highest BCUT2D eigenvalue weighted by atomic mass is 16.6. The number of rotatable bonds is 6. The molecule has 0 radical (unpaired) electrons. The Kier molecular flexibility index (Phi) is 7.13. The molecular weight excluding hydrogens is 206 g/mol. The van der Waals surface area contributed by atoms with Crippen LogP contribution in [0.4, 0.5) is 4.79 Å². The van der Waals surface area contributed by atoms with E-state index in [-0.39, 0.29) is 12.7 Å². The van der Waals surface area contributed by atoms with E-state index in [1.807, 2.05) is 27.7 Å². The monoisotopic (exact) mass is 231 g/mol. The van der Waals surface area contributed by atoms with Crippen molar-refractivity contribution in [2.24, 2.45) is 0 Å². The maximum absolute atomic E-state index is 11.7. The van der Waals surface area contributed by atoms with Gasteiger partial charge >= 0.3 is 6.09 Å². The fraction of sp³-hybridized carbons (Fsp3) is 0.917. The zero-order chi connectivity index (χ0) is 12.6. The molecule has 0 saturated heterocycles. The van der Waals surface area contributed by atoms with Crippen molar-refractivity contribution < 1.29 is 14.6 Å². The van der Waals surface area contributed by atoms with Gasteiger partial charge in [0.2, 0.25) is 0 Å². The fourth-order valence-corrected chi connectivity index (χ4v) is 1.30. The van der Waals surface area contributed by atoms with E-state index in [1.165, 1.54) is 0 Å². The molecule has 0 bridgehead atoms. The Bertz CT molecular complexity index is 199. The first-order valence-electron chi connectivity index (χ1n) is 5.99. The van der Waals surface area contributed by atoms with Crippen molar-refractivity contribution in [3.05, 3.63) is 0 Å². The standard InChI is InChI=1S/C12H25NO3/c1-5-13(9-7-6-8-10-14)11(15)16-12(2,3)4/h14H,5-10H2,1-4H3. The Morgan fingerprint density at radius 1 is 1.25 bits per heavy atom. The van der Waals surface area contributed by atoms with Gasteiger partial charge in [-0.15, -0.1) is 0 Å². The molecule has 16 heavy (non-hydrogen) atoms. The van der Waals surface area contributed by atoms with Crippen molar-refractivity contribution in [2.45, 2.75) is 52.6 Å². The second kappa shape index (κ2) is 7.49. The smallest absolute Gasteiger partial charge is 0.410 e. The summed E-state index contributed by atoms with van der Waals surface area (Å²) in [5, 5.41) is 8.65. The molecule has 0 saturated carbocycles. The molecule has 4 nitrogen and oxygen atoms in total. The van der Waals surface area contributed by atoms with Crippen LogP contribution in [-0.4, -0.2) is 41.4 Å². The molecule has 0 aliphatic heterocycles. The lowest BCUT2D eigenvalue weighted by Gasteiger charge is -2.26. The highest BCUT2D eigenvalue weighted by Crippen LogP contribution is 2.10. The van der Waals surface area contributed by atoms with Gasteiger partial charge in [0.1, 0.15) is 5.60 Å². The summed E-state index contributed by atoms with van der Waals surface area (Å²) in [6, 6.07) is 0. The van der Waals surface area contributed by atoms with Gasteiger partial charge in [0.25, 0.3) is 0 Å². The third kappa shape index (κ3) is 7.51. The predicted molar refractivity (Wildman–Crippen MR) is 64.4 cm³/mol. The minimum Gasteiger partial charge on any atom is -0.444 e. The van der Waals surface area contributed by atoms with Gasteiger partial charge in [-0.3, -0.25) is 0 Å². The molecule has 0 heterocycles. The van der Waals surface area contributed by atoms with E-state index in [0.29, 0.717) is 13.1 Å². The molecule has 1 N–H and O–H groups in total. The summed E-state index contributed by atoms with van der Waals surface area (Å²) in [5.41, 5.74) is -0.435. The summed E-state index contributed by atoms with van der Waals surface area (Å²) < 4.78 is 5.29. The Morgan fingerprint density at radius 2 is 1.88 bits per heavy atom. The van der Waals surface area contributed by atoms with Gasteiger partial charge < -0.3 is 14.7 Å². The van der Waals surface area contributed by atoms with Gasteiger partial charge in [-0.1, -0.05) is 0 Å². The molecule has 0 fully saturated rings. The Hall–Kier alpha value is -0.770. The highest BCUT2D eigenvalue weighted by molar-refractivity contribution is 5.68. The van der Waals surface area contributed by atoms with Crippen LogP contribution in [0.3, 0.4) is 0 Å². The zero-order valence-electron chi connectivity index (χ0n) is 11.0. The molecule has 0 spiro atoms. The fourth-order valence-electron chi connectivity index (χ4n) is 1.30. The second-order valence-corrected chi connectivity index (χ2v) is 4.84. The minimum absolute atomic E-state index is 0.221. The predicted octanol–water partition coefficient (Wildman–Crippen LogP) is 2.41. The van der Waals surface area contributed by atoms with Crippen molar-refractivity contribution in [2.75, 3.05) is 19.7 Å². The average molecular weight is 231 g/mol. The van der Waals surface area contributed by atoms with Crippen molar-refractivity contribution >= 4 is 6.09 Å². The third-order valence-corrected chi connectivity index (χ3v) is 2.12. The minimum atomic E-state index is -0.435. The maximum atomic E-state index is 11.7. The third-order valence-electron chi connectivity index (χ3n) is 2.12. The summed E-state index contributed by atoms with van der Waals surface area (Å²) >= 11 is 0. The van der Waals surface area contributed by atoms with Crippen molar-refractivity contribution in [3.63, 3.8) is 0 Å². The highest BCUT2D eigenvalue weighted by Gasteiger charge is 2.20. The average Bonchev–Trinajstić information content (AvgIpc) is 2.15. The normalized spacial score (nSPS) is 11.3. The van der Waals surface area contributed by atoms with E-state index in [1.54, 1.807) is 4.90 Å². The number of aliphatic hydroxyl groups excluding tert-OH is 1. The van der Waals surface area contributed by atoms with Crippen LogP contribution in [-0.2, 0) is 4.74 Å². The molecule has 0 rings (SSSR count). The number of aliphatic hydroxyl groups is 1. The lowest BCUT2D eigenvalue weighted by atomic mass is 10.2. The molecule has 1 amide bonds. The summed E-state index contributed by atoms with van der Waals surface area (Å²) in [4.78, 5) is 13.4. The Morgan fingerprint density at radius 3 is 2.31 bits per heavy atom. The topological polar surface area (TPSA) is 49.8 Å². The van der Waals surface area contributed by atoms with Gasteiger partial charge in [-0.2, -0.15) is 0 Å². The van der Waals surface area contributed by atoms with Crippen molar-refractivity contribution in [1.29, 1.82) is 0 Å². The van der Waals surface area contributed by atoms with Crippen LogP contribution in [0.5, 0.6) is 0 Å². The Balaban J connectivity index is 3.93. The van der Waals surface area contributed by atoms with E-state index >= 15 is 0 Å². The maximum Gasteiger partial charge on any atom is 0.410 e. The van der Waals surface area contributed by atoms with E-state index < -0.39 is 5.60 Å². The van der Waals surface area contributed by atoms with Crippen LogP contribution in [0, 0.1) is 0 Å². The molecule has 0 aromatic heterocycles. The summed E-state index contributed by atoms with van der Waals surface area (Å²) in [6.45, 7) is 9.12. The number of nitrogens with zero attached hydrogens (tertiary/aromatic N) is 1. The van der Waals surface area contributed by atoms with Crippen LogP contribution in [0.2, 0.25) is 0 Å². The summed E-state index contributed by atoms with van der Waals surface area (Å²) in [6.07, 6.45) is 2.40. The molecule has 0 aliphatic rings. The number of hydrogen-bond acceptors (Lipinski definition) is 3. The molecule has 0 aromatic carbocycles. The number of ether oxygens (including phenoxy) is 1. The van der Waals surface area contributed by atoms with Crippen LogP contribution in [0.1, 0.15) is 47.0 Å². The van der Waals surface area contributed by atoms with Gasteiger partial charge in [-0.25, -0.2) is 4.79 Å². The number of carbonyl (C=O) groups excluding carboxylic acids is 1. The van der Waals surface area contributed by atoms with E-state index in [2.05, 4.69) is 0 Å². The van der Waals surface area contributed by atoms with Gasteiger partial charge in [-0.05, 0) is 47.0 Å². The van der Waals surface area contributed by atoms with E-state index in [4.69, 9.17) is 9.84 Å². The first-order valence-corrected chi connectivity index (χ1v) is 5.99. The van der Waals surface area contributed by atoms with Gasteiger partial charge in [0, 0.05) is 19.7 Å². The molecule has 96 valence electrons. The molecule has 0 aliphatic carbocycles. The summed E-state index contributed by atoms with van der Waals surface area (Å²) in [5.74, 6) is 0. The molecular formula is C12H25NO3. The number of amides is 1. The quantitative estimate of drug-likeness (QED) is 0.714. The van der Waals surface area contributed by atoms with Gasteiger partial charge in [0.05, 0.1) is 0 Å². The van der Waals surface area contributed by atoms with Crippen molar-refractivity contribution in [1.82, 2.24) is 4.90 Å². The summed E-state index contributed by atoms with van der Waals surface area (Å²) in [7, 11) is 0. The number of hydrogen-bond donors (Lipinski definition) is 1. The van der Waals surface area contributed by atoms with Crippen LogP contribution in [0.15, 0.2) is 0 Å². The number of unbranched alkanes of at least 4 members (excludes halogenated alkanes) is 2. The molecule has 0 unspecified atom stereocenters. The van der Waals surface area contributed by atoms with Crippen LogP contribution < -0.4 is 0 Å². The first-order chi connectivity index (χ1) is 7.40. The SMILES string of the molecule is CCN(CCCCCO)C(=O)OC(C)(C)C. The first kappa shape index (κ1) is 15.2. The van der Waals surface area contributed by atoms with E-state index in [9.17, 15) is 4.79 Å². The lowest BCUT2D eigenvalue weighted by molar-refractivity contribution is 0.0257. The van der Waals surface area contributed by atoms with Gasteiger partial charge in [0.15, 0.2) is 0 Å². The van der Waals surface area contributed by atoms with Crippen LogP contribution >= 0.6 is 0 Å². The lowest BCUT2D eigenvalue weighted by Crippen LogP contribution is -2.37. The van der Waals surface area contributed by atoms with Crippen LogP contribution in [0.25, 0.3) is 0 Å². The second-order valence-electron chi connectivity index (χ2n) is 4.84. The zero-order valence-corrected chi connectivity index (χ0v) is 11.0. The molecule has 0 aromatic rings.